The monoisotopic (exact) mass is 417 g/mol. The van der Waals surface area contributed by atoms with Crippen LogP contribution < -0.4 is 5.56 Å². The van der Waals surface area contributed by atoms with Crippen LogP contribution in [0.5, 0.6) is 0 Å². The first-order valence-electron chi connectivity index (χ1n) is 10.3. The quantitative estimate of drug-likeness (QED) is 0.397. The van der Waals surface area contributed by atoms with Crippen molar-refractivity contribution >= 4 is 22.5 Å². The topological polar surface area (TPSA) is 60.9 Å². The molecule has 1 fully saturated rings. The molecule has 6 heteroatoms. The fraction of sp³-hybridized carbons (Fsp3) is 0.292. The molecule has 0 bridgehead atoms. The van der Waals surface area contributed by atoms with Gasteiger partial charge in [0.1, 0.15) is 6.54 Å². The average Bonchev–Trinajstić information content (AvgIpc) is 3.49. The van der Waals surface area contributed by atoms with Crippen LogP contribution >= 0.6 is 11.8 Å². The molecule has 2 aromatic carbocycles. The van der Waals surface area contributed by atoms with Crippen LogP contribution in [-0.4, -0.2) is 14.9 Å². The van der Waals surface area contributed by atoms with Crippen molar-refractivity contribution in [2.45, 2.75) is 43.4 Å². The Morgan fingerprint density at radius 3 is 2.67 bits per heavy atom. The summed E-state index contributed by atoms with van der Waals surface area (Å²) >= 11 is 1.75. The summed E-state index contributed by atoms with van der Waals surface area (Å²) < 4.78 is 6.86. The van der Waals surface area contributed by atoms with Crippen molar-refractivity contribution in [2.24, 2.45) is 5.92 Å². The number of aryl methyl sites for hydroxylation is 1. The first kappa shape index (κ1) is 19.1. The van der Waals surface area contributed by atoms with Crippen LogP contribution in [0.15, 0.2) is 68.8 Å². The average molecular weight is 418 g/mol. The molecule has 2 aromatic heterocycles. The second-order valence-corrected chi connectivity index (χ2v) is 9.02. The van der Waals surface area contributed by atoms with Crippen LogP contribution in [0, 0.1) is 12.8 Å². The lowest BCUT2D eigenvalue weighted by Gasteiger charge is -2.11. The summed E-state index contributed by atoms with van der Waals surface area (Å²) in [5, 5.41) is 10.4. The highest BCUT2D eigenvalue weighted by Gasteiger charge is 2.24. The third-order valence-corrected chi connectivity index (χ3v) is 6.48. The number of rotatable bonds is 7. The number of nitrogens with zero attached hydrogens (tertiary/aromatic N) is 3. The van der Waals surface area contributed by atoms with E-state index in [0.29, 0.717) is 18.2 Å². The number of aromatic nitrogens is 3. The molecule has 1 saturated carbocycles. The Balaban J connectivity index is 1.51. The van der Waals surface area contributed by atoms with Gasteiger partial charge in [-0.3, -0.25) is 4.79 Å². The number of hydrogen-bond donors (Lipinski definition) is 0. The van der Waals surface area contributed by atoms with Crippen LogP contribution in [0.4, 0.5) is 0 Å². The zero-order valence-corrected chi connectivity index (χ0v) is 17.7. The van der Waals surface area contributed by atoms with E-state index in [0.717, 1.165) is 39.2 Å². The highest BCUT2D eigenvalue weighted by Crippen LogP contribution is 2.34. The number of benzene rings is 2. The van der Waals surface area contributed by atoms with Gasteiger partial charge in [0, 0.05) is 22.1 Å². The highest BCUT2D eigenvalue weighted by molar-refractivity contribution is 7.98. The fourth-order valence-corrected chi connectivity index (χ4v) is 4.55. The Kier molecular flexibility index (Phi) is 5.17. The maximum atomic E-state index is 13.2. The van der Waals surface area contributed by atoms with Gasteiger partial charge >= 0.3 is 0 Å². The Hall–Kier alpha value is -2.86. The molecule has 4 aromatic rings. The standard InChI is InChI=1S/C24H23N3O2S/c1-16-11-19(29-26-16)14-27-24(28)22-13-20(30-15-18-5-3-2-4-6-18)9-10-21(22)23(25-27)12-17-7-8-17/h2-6,9-11,13,17H,7-8,12,14-15H2,1H3. The first-order valence-corrected chi connectivity index (χ1v) is 11.3. The largest absolute Gasteiger partial charge is 0.359 e. The summed E-state index contributed by atoms with van der Waals surface area (Å²) in [5.74, 6) is 2.21. The minimum Gasteiger partial charge on any atom is -0.359 e. The third-order valence-electron chi connectivity index (χ3n) is 5.42. The van der Waals surface area contributed by atoms with Gasteiger partial charge in [-0.2, -0.15) is 5.10 Å². The zero-order chi connectivity index (χ0) is 20.5. The molecule has 0 amide bonds. The number of fused-ring (bicyclic) bond motifs is 1. The van der Waals surface area contributed by atoms with Gasteiger partial charge in [0.15, 0.2) is 5.76 Å². The zero-order valence-electron chi connectivity index (χ0n) is 16.9. The van der Waals surface area contributed by atoms with E-state index in [1.807, 2.05) is 25.1 Å². The maximum Gasteiger partial charge on any atom is 0.275 e. The van der Waals surface area contributed by atoms with Gasteiger partial charge in [0.05, 0.1) is 16.8 Å². The molecular formula is C24H23N3O2S. The van der Waals surface area contributed by atoms with E-state index in [1.54, 1.807) is 11.8 Å². The van der Waals surface area contributed by atoms with Gasteiger partial charge in [-0.1, -0.05) is 41.6 Å². The fourth-order valence-electron chi connectivity index (χ4n) is 3.66. The molecule has 2 heterocycles. The lowest BCUT2D eigenvalue weighted by Crippen LogP contribution is -2.25. The minimum atomic E-state index is -0.0826. The molecule has 0 radical (unpaired) electrons. The molecule has 0 saturated heterocycles. The molecule has 5 nitrogen and oxygen atoms in total. The summed E-state index contributed by atoms with van der Waals surface area (Å²) in [7, 11) is 0. The SMILES string of the molecule is Cc1cc(Cn2nc(CC3CC3)c3ccc(SCc4ccccc4)cc3c2=O)on1. The van der Waals surface area contributed by atoms with Crippen molar-refractivity contribution in [1.82, 2.24) is 14.9 Å². The van der Waals surface area contributed by atoms with E-state index >= 15 is 0 Å². The molecule has 5 rings (SSSR count). The molecule has 152 valence electrons. The molecular weight excluding hydrogens is 394 g/mol. The van der Waals surface area contributed by atoms with Crippen molar-refractivity contribution in [3.8, 4) is 0 Å². The summed E-state index contributed by atoms with van der Waals surface area (Å²) in [6, 6.07) is 18.4. The van der Waals surface area contributed by atoms with Crippen LogP contribution in [0.3, 0.4) is 0 Å². The lowest BCUT2D eigenvalue weighted by molar-refractivity contribution is 0.365. The lowest BCUT2D eigenvalue weighted by atomic mass is 10.1. The van der Waals surface area contributed by atoms with E-state index in [4.69, 9.17) is 9.62 Å². The predicted octanol–water partition coefficient (Wildman–Crippen LogP) is 4.99. The van der Waals surface area contributed by atoms with Gasteiger partial charge in [0.2, 0.25) is 0 Å². The first-order chi connectivity index (χ1) is 14.7. The maximum absolute atomic E-state index is 13.2. The second kappa shape index (κ2) is 8.11. The van der Waals surface area contributed by atoms with E-state index in [2.05, 4.69) is 41.6 Å². The second-order valence-electron chi connectivity index (χ2n) is 7.97. The Morgan fingerprint density at radius 1 is 1.10 bits per heavy atom. The predicted molar refractivity (Wildman–Crippen MR) is 119 cm³/mol. The van der Waals surface area contributed by atoms with Crippen LogP contribution in [0.25, 0.3) is 10.8 Å². The minimum absolute atomic E-state index is 0.0826. The van der Waals surface area contributed by atoms with Crippen molar-refractivity contribution in [3.05, 3.63) is 87.7 Å². The van der Waals surface area contributed by atoms with Crippen molar-refractivity contribution < 1.29 is 4.52 Å². The van der Waals surface area contributed by atoms with Gasteiger partial charge in [0.25, 0.3) is 5.56 Å². The summed E-state index contributed by atoms with van der Waals surface area (Å²) in [5.41, 5.74) is 2.99. The van der Waals surface area contributed by atoms with Crippen LogP contribution in [0.2, 0.25) is 0 Å². The summed E-state index contributed by atoms with van der Waals surface area (Å²) in [6.07, 6.45) is 3.41. The molecule has 0 atom stereocenters. The smallest absolute Gasteiger partial charge is 0.275 e. The van der Waals surface area contributed by atoms with Crippen molar-refractivity contribution in [3.63, 3.8) is 0 Å². The van der Waals surface area contributed by atoms with Crippen molar-refractivity contribution in [2.75, 3.05) is 0 Å². The highest BCUT2D eigenvalue weighted by atomic mass is 32.2. The number of hydrogen-bond acceptors (Lipinski definition) is 5. The molecule has 1 aliphatic rings. The van der Waals surface area contributed by atoms with E-state index in [1.165, 1.54) is 23.1 Å². The summed E-state index contributed by atoms with van der Waals surface area (Å²) in [6.45, 7) is 2.17. The molecule has 0 unspecified atom stereocenters. The Bertz CT molecular complexity index is 1240. The molecule has 30 heavy (non-hydrogen) atoms. The molecule has 0 spiro atoms. The normalized spacial score (nSPS) is 13.8. The van der Waals surface area contributed by atoms with E-state index in [9.17, 15) is 4.79 Å². The van der Waals surface area contributed by atoms with Gasteiger partial charge in [-0.15, -0.1) is 11.8 Å². The summed E-state index contributed by atoms with van der Waals surface area (Å²) in [4.78, 5) is 14.3. The van der Waals surface area contributed by atoms with Gasteiger partial charge in [-0.05, 0) is 49.8 Å². The van der Waals surface area contributed by atoms with Crippen LogP contribution in [0.1, 0.15) is 35.6 Å². The molecule has 1 aliphatic carbocycles. The van der Waals surface area contributed by atoms with E-state index < -0.39 is 0 Å². The Morgan fingerprint density at radius 2 is 1.93 bits per heavy atom. The van der Waals surface area contributed by atoms with Crippen molar-refractivity contribution in [1.29, 1.82) is 0 Å². The molecule has 0 N–H and O–H groups in total. The van der Waals surface area contributed by atoms with Crippen LogP contribution in [-0.2, 0) is 18.7 Å². The Labute approximate surface area is 179 Å². The van der Waals surface area contributed by atoms with E-state index in [-0.39, 0.29) is 5.56 Å². The molecule has 0 aliphatic heterocycles. The number of thioether (sulfide) groups is 1. The van der Waals surface area contributed by atoms with Gasteiger partial charge < -0.3 is 4.52 Å². The third kappa shape index (κ3) is 4.19. The van der Waals surface area contributed by atoms with Gasteiger partial charge in [-0.25, -0.2) is 4.68 Å².